The number of carbonyl (C=O) groups excluding carboxylic acids is 6. The topological polar surface area (TPSA) is 332 Å². The number of aliphatic carboxylic acids is 2. The Kier molecular flexibility index (Phi) is 14.6. The number of ketones is 2. The molecule has 55 heavy (non-hydrogen) atoms. The van der Waals surface area contributed by atoms with E-state index in [4.69, 9.17) is 0 Å². The summed E-state index contributed by atoms with van der Waals surface area (Å²) in [6.45, 7) is 3.04. The molecule has 0 aromatic heterocycles. The van der Waals surface area contributed by atoms with Crippen LogP contribution >= 0.6 is 0 Å². The van der Waals surface area contributed by atoms with Gasteiger partial charge in [0.15, 0.2) is 11.6 Å². The number of fused-ring (bicyclic) bond motifs is 2. The minimum Gasteiger partial charge on any atom is -0.508 e. The van der Waals surface area contributed by atoms with Crippen LogP contribution in [-0.2, 0) is 54.8 Å². The summed E-state index contributed by atoms with van der Waals surface area (Å²) < 4.78 is 27.8. The lowest BCUT2D eigenvalue weighted by molar-refractivity contribution is -0.219. The van der Waals surface area contributed by atoms with Gasteiger partial charge in [0, 0.05) is 32.1 Å². The first-order valence-electron chi connectivity index (χ1n) is 17.4. The molecule has 10 N–H and O–H groups in total. The second-order valence-corrected chi connectivity index (χ2v) is 16.0. The number of aliphatic hydroxyl groups is 2. The number of phenols is 1. The molecule has 1 aromatic carbocycles. The predicted molar refractivity (Wildman–Crippen MR) is 188 cm³/mol. The zero-order valence-corrected chi connectivity index (χ0v) is 31.2. The number of carboxylic acids is 2. The fourth-order valence-corrected chi connectivity index (χ4v) is 8.38. The van der Waals surface area contributed by atoms with Crippen molar-refractivity contribution in [3.63, 3.8) is 0 Å². The highest BCUT2D eigenvalue weighted by Crippen LogP contribution is 2.57. The molecule has 3 unspecified atom stereocenters. The summed E-state index contributed by atoms with van der Waals surface area (Å²) in [6, 6.07) is -0.485. The van der Waals surface area contributed by atoms with Crippen LogP contribution in [0.3, 0.4) is 0 Å². The van der Waals surface area contributed by atoms with E-state index < -0.39 is 136 Å². The Morgan fingerprint density at radius 1 is 0.855 bits per heavy atom. The van der Waals surface area contributed by atoms with Crippen molar-refractivity contribution in [1.82, 2.24) is 26.0 Å². The Morgan fingerprint density at radius 3 is 1.96 bits per heavy atom. The van der Waals surface area contributed by atoms with Crippen molar-refractivity contribution in [3.8, 4) is 5.75 Å². The van der Waals surface area contributed by atoms with Gasteiger partial charge in [-0.3, -0.25) is 38.4 Å². The fraction of sp³-hybridized carbons (Fsp3) is 0.588. The first-order valence-corrected chi connectivity index (χ1v) is 19.0. The van der Waals surface area contributed by atoms with E-state index in [9.17, 15) is 72.3 Å². The number of rotatable bonds is 21. The summed E-state index contributed by atoms with van der Waals surface area (Å²) in [5.41, 5.74) is -1.50. The van der Waals surface area contributed by atoms with Gasteiger partial charge in [-0.15, -0.1) is 0 Å². The molecule has 2 saturated carbocycles. The number of sulfonamides is 1. The van der Waals surface area contributed by atoms with Crippen LogP contribution < -0.4 is 26.0 Å². The lowest BCUT2D eigenvalue weighted by Crippen LogP contribution is -2.59. The van der Waals surface area contributed by atoms with Gasteiger partial charge < -0.3 is 46.8 Å². The van der Waals surface area contributed by atoms with Crippen molar-refractivity contribution in [2.24, 2.45) is 17.3 Å². The Balaban J connectivity index is 1.73. The molecule has 2 aliphatic carbocycles. The highest BCUT2D eigenvalue weighted by atomic mass is 32.2. The van der Waals surface area contributed by atoms with Gasteiger partial charge in [-0.2, -0.15) is 0 Å². The fourth-order valence-electron chi connectivity index (χ4n) is 6.74. The number of Topliss-reactive ketones (excluding diaryl/α,β-unsaturated/α-hetero) is 2. The van der Waals surface area contributed by atoms with Crippen molar-refractivity contribution in [2.45, 2.75) is 95.7 Å². The molecule has 0 saturated heterocycles. The molecular weight excluding hydrogens is 750 g/mol. The average molecular weight is 798 g/mol. The maximum absolute atomic E-state index is 13.5. The number of hydrogen-bond donors (Lipinski definition) is 10. The van der Waals surface area contributed by atoms with E-state index in [1.807, 2.05) is 4.72 Å². The van der Waals surface area contributed by atoms with E-state index in [1.54, 1.807) is 0 Å². The van der Waals surface area contributed by atoms with Gasteiger partial charge in [0.2, 0.25) is 33.7 Å². The number of carboxylic acid groups (broad SMARTS) is 2. The van der Waals surface area contributed by atoms with Crippen LogP contribution in [0.5, 0.6) is 5.75 Å². The standard InChI is InChI=1S/C34H47N5O15S/c1-17(2)29(39-30(48)22(8-9-27(44)45)37-31(49)24(36-18(3)40)12-19-4-6-21(41)7-5-19)32(50)38-23(14-28(46)47)25(42)15-35-55(53,54)16-33-11-10-20(13-26(33)43)34(33,51)52/h4-7,17,20,22-24,29,35,41,51-52H,8-16H2,1-3H3,(H,36,40)(H,37,49)(H,38,50)(H,39,48)(H,44,45)(H,46,47)/t20?,22-,23?,24-,29-,33?/m0/s1. The van der Waals surface area contributed by atoms with Gasteiger partial charge >= 0.3 is 11.9 Å². The van der Waals surface area contributed by atoms with Crippen LogP contribution in [0.25, 0.3) is 0 Å². The first kappa shape index (κ1) is 44.4. The molecule has 6 atom stereocenters. The maximum Gasteiger partial charge on any atom is 0.305 e. The molecule has 1 aromatic rings. The molecule has 2 aliphatic rings. The minimum absolute atomic E-state index is 0.0518. The van der Waals surface area contributed by atoms with Crippen molar-refractivity contribution >= 4 is 57.2 Å². The summed E-state index contributed by atoms with van der Waals surface area (Å²) >= 11 is 0. The van der Waals surface area contributed by atoms with Crippen LogP contribution in [0.4, 0.5) is 0 Å². The van der Waals surface area contributed by atoms with E-state index in [0.717, 1.165) is 6.92 Å². The third-order valence-corrected chi connectivity index (χ3v) is 11.2. The second-order valence-electron chi connectivity index (χ2n) is 14.2. The Bertz CT molecular complexity index is 1780. The molecule has 304 valence electrons. The van der Waals surface area contributed by atoms with Crippen LogP contribution in [0.2, 0.25) is 0 Å². The summed E-state index contributed by atoms with van der Waals surface area (Å²) in [7, 11) is -4.55. The molecule has 0 aliphatic heterocycles. The predicted octanol–water partition coefficient (Wildman–Crippen LogP) is -2.57. The highest BCUT2D eigenvalue weighted by molar-refractivity contribution is 7.89. The van der Waals surface area contributed by atoms with Gasteiger partial charge in [0.1, 0.15) is 29.7 Å². The third-order valence-electron chi connectivity index (χ3n) is 9.74. The summed E-state index contributed by atoms with van der Waals surface area (Å²) in [6.07, 6.45) is -2.34. The highest BCUT2D eigenvalue weighted by Gasteiger charge is 2.69. The maximum atomic E-state index is 13.5. The van der Waals surface area contributed by atoms with Crippen LogP contribution in [-0.4, -0.2) is 123 Å². The van der Waals surface area contributed by atoms with Crippen molar-refractivity contribution in [3.05, 3.63) is 29.8 Å². The lowest BCUT2D eigenvalue weighted by Gasteiger charge is -2.32. The first-order chi connectivity index (χ1) is 25.5. The van der Waals surface area contributed by atoms with Gasteiger partial charge in [-0.05, 0) is 42.9 Å². The van der Waals surface area contributed by atoms with E-state index in [-0.39, 0.29) is 31.4 Å². The van der Waals surface area contributed by atoms with Gasteiger partial charge in [0.25, 0.3) is 0 Å². The second kappa shape index (κ2) is 18.1. The number of aromatic hydroxyl groups is 1. The quantitative estimate of drug-likeness (QED) is 0.0572. The normalized spacial score (nSPS) is 20.8. The van der Waals surface area contributed by atoms with Gasteiger partial charge in [-0.1, -0.05) is 26.0 Å². The van der Waals surface area contributed by atoms with E-state index in [1.165, 1.54) is 38.1 Å². The average Bonchev–Trinajstić information content (AvgIpc) is 3.41. The third kappa shape index (κ3) is 11.5. The number of carbonyl (C=O) groups is 8. The summed E-state index contributed by atoms with van der Waals surface area (Å²) in [5, 5.41) is 58.7. The molecule has 21 heteroatoms. The number of nitrogens with one attached hydrogen (secondary N) is 5. The number of amides is 4. The van der Waals surface area contributed by atoms with E-state index in [2.05, 4.69) is 21.3 Å². The summed E-state index contributed by atoms with van der Waals surface area (Å²) in [4.78, 5) is 101. The largest absolute Gasteiger partial charge is 0.508 e. The molecule has 0 spiro atoms. The minimum atomic E-state index is -4.55. The van der Waals surface area contributed by atoms with Crippen LogP contribution in [0, 0.1) is 17.3 Å². The SMILES string of the molecule is CC(=O)N[C@@H](Cc1ccc(O)cc1)C(=O)N[C@@H](CCC(=O)O)C(=O)N[C@H](C(=O)NC(CC(=O)O)C(=O)CNS(=O)(=O)CC12CCC(CC1=O)C2(O)O)C(C)C. The van der Waals surface area contributed by atoms with Crippen LogP contribution in [0.1, 0.15) is 64.9 Å². The molecule has 0 radical (unpaired) electrons. The molecule has 3 rings (SSSR count). The zero-order valence-electron chi connectivity index (χ0n) is 30.4. The van der Waals surface area contributed by atoms with E-state index >= 15 is 0 Å². The molecule has 0 heterocycles. The Morgan fingerprint density at radius 2 is 1.45 bits per heavy atom. The molecule has 4 amide bonds. The Hall–Kier alpha value is -4.99. The molecule has 20 nitrogen and oxygen atoms in total. The zero-order chi connectivity index (χ0) is 41.5. The van der Waals surface area contributed by atoms with Crippen molar-refractivity contribution in [2.75, 3.05) is 12.3 Å². The summed E-state index contributed by atoms with van der Waals surface area (Å²) in [5.74, 6) is -13.6. The Labute approximate surface area is 315 Å². The number of benzene rings is 1. The van der Waals surface area contributed by atoms with Crippen molar-refractivity contribution < 1.29 is 72.3 Å². The molecule has 2 bridgehead atoms. The van der Waals surface area contributed by atoms with Crippen molar-refractivity contribution in [1.29, 1.82) is 0 Å². The van der Waals surface area contributed by atoms with Gasteiger partial charge in [-0.25, -0.2) is 13.1 Å². The molecular formula is C34H47N5O15S. The van der Waals surface area contributed by atoms with Crippen LogP contribution in [0.15, 0.2) is 24.3 Å². The lowest BCUT2D eigenvalue weighted by atomic mass is 9.82. The molecule has 2 fully saturated rings. The number of phenolic OH excluding ortho intramolecular Hbond substituents is 1. The van der Waals surface area contributed by atoms with E-state index in [0.29, 0.717) is 5.56 Å². The smallest absolute Gasteiger partial charge is 0.305 e. The van der Waals surface area contributed by atoms with Gasteiger partial charge in [0.05, 0.1) is 30.2 Å². The number of hydrogen-bond acceptors (Lipinski definition) is 13. The monoisotopic (exact) mass is 797 g/mol.